The van der Waals surface area contributed by atoms with Gasteiger partial charge in [0.15, 0.2) is 0 Å². The number of aromatic nitrogens is 5. The molecule has 0 amide bonds. The molecular formula is C17H10Cl2FN5O. The minimum Gasteiger partial charge on any atom is -0.293 e. The highest BCUT2D eigenvalue weighted by Gasteiger charge is 2.10. The lowest BCUT2D eigenvalue weighted by Gasteiger charge is -2.05. The molecule has 0 aliphatic heterocycles. The maximum Gasteiger partial charge on any atom is 0.261 e. The summed E-state index contributed by atoms with van der Waals surface area (Å²) in [6.07, 6.45) is 3.06. The fraction of sp³-hybridized carbons (Fsp3) is 0.0588. The Bertz CT molecular complexity index is 1190. The first-order chi connectivity index (χ1) is 12.5. The van der Waals surface area contributed by atoms with Crippen LogP contribution in [0.4, 0.5) is 4.39 Å². The molecule has 0 N–H and O–H groups in total. The van der Waals surface area contributed by atoms with Crippen LogP contribution >= 0.6 is 23.2 Å². The number of halogens is 3. The highest BCUT2D eigenvalue weighted by Crippen LogP contribution is 2.19. The molecule has 9 heteroatoms. The van der Waals surface area contributed by atoms with Crippen molar-refractivity contribution in [2.24, 2.45) is 0 Å². The van der Waals surface area contributed by atoms with Crippen LogP contribution in [-0.4, -0.2) is 24.5 Å². The normalized spacial score (nSPS) is 11.2. The molecule has 4 aromatic rings. The van der Waals surface area contributed by atoms with Crippen LogP contribution in [0.5, 0.6) is 0 Å². The van der Waals surface area contributed by atoms with Gasteiger partial charge in [0.05, 0.1) is 45.7 Å². The molecule has 0 unspecified atom stereocenters. The second-order valence-corrected chi connectivity index (χ2v) is 6.38. The van der Waals surface area contributed by atoms with Gasteiger partial charge in [-0.15, -0.1) is 5.10 Å². The Labute approximate surface area is 156 Å². The number of nitrogens with zero attached hydrogens (tertiary/aromatic N) is 5. The zero-order chi connectivity index (χ0) is 18.3. The molecule has 0 saturated carbocycles. The Balaban J connectivity index is 1.67. The standard InChI is InChI=1S/C17H10Cl2FN5O/c18-13-3-1-2-12-16(13)21-9-24(17(12)26)7-10-8-25(23-22-10)11-4-5-15(20)14(19)6-11/h1-6,8-9H,7H2. The van der Waals surface area contributed by atoms with E-state index in [9.17, 15) is 9.18 Å². The van der Waals surface area contributed by atoms with Crippen molar-refractivity contribution in [2.75, 3.05) is 0 Å². The van der Waals surface area contributed by atoms with Gasteiger partial charge in [-0.3, -0.25) is 9.36 Å². The van der Waals surface area contributed by atoms with Crippen LogP contribution in [0.15, 0.2) is 53.7 Å². The topological polar surface area (TPSA) is 65.6 Å². The van der Waals surface area contributed by atoms with Gasteiger partial charge in [-0.25, -0.2) is 14.1 Å². The van der Waals surface area contributed by atoms with Crippen molar-refractivity contribution in [3.63, 3.8) is 0 Å². The first-order valence-electron chi connectivity index (χ1n) is 7.53. The van der Waals surface area contributed by atoms with E-state index >= 15 is 0 Å². The molecule has 6 nitrogen and oxygen atoms in total. The van der Waals surface area contributed by atoms with Crippen molar-refractivity contribution in [2.45, 2.75) is 6.54 Å². The second kappa shape index (κ2) is 6.51. The molecule has 0 aliphatic carbocycles. The van der Waals surface area contributed by atoms with E-state index in [4.69, 9.17) is 23.2 Å². The molecule has 0 aliphatic rings. The van der Waals surface area contributed by atoms with E-state index in [1.165, 1.54) is 33.8 Å². The van der Waals surface area contributed by atoms with Crippen molar-refractivity contribution in [3.8, 4) is 5.69 Å². The molecule has 0 spiro atoms. The van der Waals surface area contributed by atoms with Gasteiger partial charge in [-0.2, -0.15) is 0 Å². The van der Waals surface area contributed by atoms with Crippen LogP contribution in [-0.2, 0) is 6.54 Å². The zero-order valence-corrected chi connectivity index (χ0v) is 14.6. The third kappa shape index (κ3) is 2.95. The van der Waals surface area contributed by atoms with Gasteiger partial charge in [0.1, 0.15) is 11.5 Å². The van der Waals surface area contributed by atoms with Gasteiger partial charge in [0, 0.05) is 0 Å². The first-order valence-corrected chi connectivity index (χ1v) is 8.29. The Morgan fingerprint density at radius 1 is 1.12 bits per heavy atom. The van der Waals surface area contributed by atoms with Gasteiger partial charge >= 0.3 is 0 Å². The van der Waals surface area contributed by atoms with Crippen LogP contribution < -0.4 is 5.56 Å². The lowest BCUT2D eigenvalue weighted by molar-refractivity contribution is 0.627. The van der Waals surface area contributed by atoms with Crippen molar-refractivity contribution >= 4 is 34.1 Å². The molecular weight excluding hydrogens is 380 g/mol. The molecule has 26 heavy (non-hydrogen) atoms. The number of hydrogen-bond acceptors (Lipinski definition) is 4. The van der Waals surface area contributed by atoms with E-state index < -0.39 is 5.82 Å². The van der Waals surface area contributed by atoms with Crippen LogP contribution in [0.1, 0.15) is 5.69 Å². The third-order valence-electron chi connectivity index (χ3n) is 3.85. The molecule has 0 atom stereocenters. The highest BCUT2D eigenvalue weighted by atomic mass is 35.5. The Hall–Kier alpha value is -2.77. The van der Waals surface area contributed by atoms with Crippen LogP contribution in [0, 0.1) is 5.82 Å². The van der Waals surface area contributed by atoms with Crippen molar-refractivity contribution < 1.29 is 4.39 Å². The Morgan fingerprint density at radius 3 is 2.77 bits per heavy atom. The first kappa shape index (κ1) is 16.7. The molecule has 2 aromatic heterocycles. The fourth-order valence-electron chi connectivity index (χ4n) is 2.57. The average Bonchev–Trinajstić information content (AvgIpc) is 3.09. The molecule has 0 bridgehead atoms. The predicted octanol–water partition coefficient (Wildman–Crippen LogP) is 3.47. The molecule has 2 heterocycles. The van der Waals surface area contributed by atoms with Gasteiger partial charge in [-0.1, -0.05) is 34.5 Å². The van der Waals surface area contributed by atoms with Crippen LogP contribution in [0.25, 0.3) is 16.6 Å². The van der Waals surface area contributed by atoms with E-state index in [0.717, 1.165) is 0 Å². The summed E-state index contributed by atoms with van der Waals surface area (Å²) in [6, 6.07) is 9.28. The van der Waals surface area contributed by atoms with Crippen LogP contribution in [0.3, 0.4) is 0 Å². The molecule has 4 rings (SSSR count). The molecule has 0 fully saturated rings. The van der Waals surface area contributed by atoms with Crippen molar-refractivity contribution in [1.29, 1.82) is 0 Å². The quantitative estimate of drug-likeness (QED) is 0.537. The molecule has 130 valence electrons. The number of fused-ring (bicyclic) bond motifs is 1. The minimum atomic E-state index is -0.511. The van der Waals surface area contributed by atoms with Gasteiger partial charge in [0.2, 0.25) is 0 Å². The lowest BCUT2D eigenvalue weighted by Crippen LogP contribution is -2.21. The number of hydrogen-bond donors (Lipinski definition) is 0. The molecule has 2 aromatic carbocycles. The number of benzene rings is 2. The summed E-state index contributed by atoms with van der Waals surface area (Å²) in [5.74, 6) is -0.511. The summed E-state index contributed by atoms with van der Waals surface area (Å²) in [7, 11) is 0. The zero-order valence-electron chi connectivity index (χ0n) is 13.1. The van der Waals surface area contributed by atoms with Crippen molar-refractivity contribution in [3.05, 3.63) is 80.8 Å². The Kier molecular flexibility index (Phi) is 4.18. The minimum absolute atomic E-state index is 0.00798. The molecule has 0 saturated heterocycles. The summed E-state index contributed by atoms with van der Waals surface area (Å²) >= 11 is 11.9. The Morgan fingerprint density at radius 2 is 1.96 bits per heavy atom. The van der Waals surface area contributed by atoms with Gasteiger partial charge in [-0.05, 0) is 30.3 Å². The summed E-state index contributed by atoms with van der Waals surface area (Å²) < 4.78 is 16.2. The van der Waals surface area contributed by atoms with Crippen LogP contribution in [0.2, 0.25) is 10.0 Å². The second-order valence-electron chi connectivity index (χ2n) is 5.57. The van der Waals surface area contributed by atoms with E-state index in [1.807, 2.05) is 0 Å². The van der Waals surface area contributed by atoms with Gasteiger partial charge in [0.25, 0.3) is 5.56 Å². The third-order valence-corrected chi connectivity index (χ3v) is 4.44. The predicted molar refractivity (Wildman–Crippen MR) is 96.4 cm³/mol. The average molecular weight is 390 g/mol. The highest BCUT2D eigenvalue weighted by molar-refractivity contribution is 6.34. The SMILES string of the molecule is O=c1c2cccc(Cl)c2ncn1Cc1cn(-c2ccc(F)c(Cl)c2)nn1. The van der Waals surface area contributed by atoms with E-state index in [1.54, 1.807) is 24.4 Å². The summed E-state index contributed by atoms with van der Waals surface area (Å²) in [6.45, 7) is 0.184. The smallest absolute Gasteiger partial charge is 0.261 e. The monoisotopic (exact) mass is 389 g/mol. The van der Waals surface area contributed by atoms with E-state index in [0.29, 0.717) is 27.3 Å². The van der Waals surface area contributed by atoms with Gasteiger partial charge < -0.3 is 0 Å². The maximum atomic E-state index is 13.3. The van der Waals surface area contributed by atoms with Crippen molar-refractivity contribution in [1.82, 2.24) is 24.5 Å². The summed E-state index contributed by atoms with van der Waals surface area (Å²) in [5, 5.41) is 8.87. The van der Waals surface area contributed by atoms with E-state index in [2.05, 4.69) is 15.3 Å². The van der Waals surface area contributed by atoms with E-state index in [-0.39, 0.29) is 17.1 Å². The maximum absolute atomic E-state index is 13.3. The number of para-hydroxylation sites is 1. The lowest BCUT2D eigenvalue weighted by atomic mass is 10.2. The fourth-order valence-corrected chi connectivity index (χ4v) is 2.96. The summed E-state index contributed by atoms with van der Waals surface area (Å²) in [4.78, 5) is 16.8. The largest absolute Gasteiger partial charge is 0.293 e. The summed E-state index contributed by atoms with van der Waals surface area (Å²) in [5.41, 5.74) is 1.33. The number of rotatable bonds is 3. The molecule has 0 radical (unpaired) electrons.